The molecule has 0 bridgehead atoms. The zero-order chi connectivity index (χ0) is 16.4. The van der Waals surface area contributed by atoms with E-state index in [9.17, 15) is 9.59 Å². The third-order valence-electron chi connectivity index (χ3n) is 3.90. The van der Waals surface area contributed by atoms with E-state index in [0.717, 1.165) is 0 Å². The monoisotopic (exact) mass is 321 g/mol. The van der Waals surface area contributed by atoms with Crippen LogP contribution in [0.25, 0.3) is 0 Å². The zero-order valence-electron chi connectivity index (χ0n) is 12.9. The Kier molecular flexibility index (Phi) is 4.61. The molecular weight excluding hydrogens is 302 g/mol. The number of esters is 1. The van der Waals surface area contributed by atoms with Crippen molar-refractivity contribution in [1.82, 2.24) is 5.32 Å². The second-order valence-electron chi connectivity index (χ2n) is 5.51. The first-order valence-corrected chi connectivity index (χ1v) is 7.43. The summed E-state index contributed by atoms with van der Waals surface area (Å²) in [6, 6.07) is 8.49. The van der Waals surface area contributed by atoms with Crippen molar-refractivity contribution in [3.63, 3.8) is 0 Å². The average Bonchev–Trinajstić information content (AvgIpc) is 3.35. The van der Waals surface area contributed by atoms with Crippen LogP contribution in [0, 0.1) is 0 Å². The van der Waals surface area contributed by atoms with E-state index in [1.165, 1.54) is 14.0 Å². The van der Waals surface area contributed by atoms with Gasteiger partial charge >= 0.3 is 5.97 Å². The number of nitrogens with one attached hydrogen (secondary N) is 1. The minimum Gasteiger partial charge on any atom is -0.463 e. The summed E-state index contributed by atoms with van der Waals surface area (Å²) in [6.45, 7) is 1.44. The van der Waals surface area contributed by atoms with Crippen molar-refractivity contribution < 1.29 is 28.5 Å². The molecule has 2 heterocycles. The molecule has 2 fully saturated rings. The van der Waals surface area contributed by atoms with E-state index in [1.54, 1.807) is 24.3 Å². The summed E-state index contributed by atoms with van der Waals surface area (Å²) < 4.78 is 21.6. The SMILES string of the molecule is COC1OC(COC(C)=O)C2OC2C1NC(=O)c1ccccc1. The molecule has 1 aromatic rings. The molecule has 5 unspecified atom stereocenters. The Bertz CT molecular complexity index is 577. The fourth-order valence-corrected chi connectivity index (χ4v) is 2.72. The molecule has 7 nitrogen and oxygen atoms in total. The lowest BCUT2D eigenvalue weighted by Crippen LogP contribution is -2.55. The molecule has 1 aromatic carbocycles. The second kappa shape index (κ2) is 6.66. The van der Waals surface area contributed by atoms with Crippen LogP contribution in [0.15, 0.2) is 30.3 Å². The molecule has 0 aliphatic carbocycles. The van der Waals surface area contributed by atoms with E-state index in [1.807, 2.05) is 6.07 Å². The number of hydrogen-bond donors (Lipinski definition) is 1. The molecule has 2 saturated heterocycles. The van der Waals surface area contributed by atoms with E-state index in [-0.39, 0.29) is 30.7 Å². The van der Waals surface area contributed by atoms with Crippen LogP contribution in [0.1, 0.15) is 17.3 Å². The highest BCUT2D eigenvalue weighted by molar-refractivity contribution is 5.94. The Morgan fingerprint density at radius 1 is 1.17 bits per heavy atom. The number of amides is 1. The van der Waals surface area contributed by atoms with Gasteiger partial charge in [0.25, 0.3) is 5.91 Å². The maximum Gasteiger partial charge on any atom is 0.302 e. The molecule has 0 saturated carbocycles. The summed E-state index contributed by atoms with van der Waals surface area (Å²) in [5.74, 6) is -0.590. The van der Waals surface area contributed by atoms with Gasteiger partial charge in [0.2, 0.25) is 0 Å². The summed E-state index contributed by atoms with van der Waals surface area (Å²) in [7, 11) is 1.50. The number of methoxy groups -OCH3 is 1. The number of benzene rings is 1. The van der Waals surface area contributed by atoms with E-state index < -0.39 is 18.4 Å². The van der Waals surface area contributed by atoms with Crippen LogP contribution in [0.3, 0.4) is 0 Å². The molecular formula is C16H19NO6. The van der Waals surface area contributed by atoms with Crippen LogP contribution in [0.5, 0.6) is 0 Å². The fourth-order valence-electron chi connectivity index (χ4n) is 2.72. The molecule has 1 amide bonds. The molecule has 2 aliphatic heterocycles. The largest absolute Gasteiger partial charge is 0.463 e. The summed E-state index contributed by atoms with van der Waals surface area (Å²) in [5, 5.41) is 2.89. The van der Waals surface area contributed by atoms with Gasteiger partial charge < -0.3 is 24.3 Å². The highest BCUT2D eigenvalue weighted by atomic mass is 16.7. The predicted molar refractivity (Wildman–Crippen MR) is 78.7 cm³/mol. The minimum atomic E-state index is -0.660. The predicted octanol–water partition coefficient (Wildman–Crippen LogP) is 0.487. The molecule has 5 atom stereocenters. The van der Waals surface area contributed by atoms with Gasteiger partial charge in [-0.15, -0.1) is 0 Å². The first-order chi connectivity index (χ1) is 11.1. The van der Waals surface area contributed by atoms with Gasteiger partial charge in [0.05, 0.1) is 0 Å². The molecule has 0 spiro atoms. The third-order valence-corrected chi connectivity index (χ3v) is 3.90. The molecule has 0 radical (unpaired) electrons. The molecule has 124 valence electrons. The van der Waals surface area contributed by atoms with Crippen molar-refractivity contribution in [3.05, 3.63) is 35.9 Å². The summed E-state index contributed by atoms with van der Waals surface area (Å²) >= 11 is 0. The summed E-state index contributed by atoms with van der Waals surface area (Å²) in [4.78, 5) is 23.2. The standard InChI is InChI=1S/C16H19NO6/c1-9(18)21-8-11-13-14(23-13)12(16(20-2)22-11)17-15(19)10-6-4-3-5-7-10/h3-7,11-14,16H,8H2,1-2H3,(H,17,19). The normalized spacial score (nSPS) is 31.8. The lowest BCUT2D eigenvalue weighted by Gasteiger charge is -2.32. The van der Waals surface area contributed by atoms with Crippen LogP contribution in [-0.4, -0.2) is 56.2 Å². The molecule has 7 heteroatoms. The van der Waals surface area contributed by atoms with Crippen LogP contribution in [-0.2, 0) is 23.7 Å². The van der Waals surface area contributed by atoms with Gasteiger partial charge in [0, 0.05) is 19.6 Å². The fraction of sp³-hybridized carbons (Fsp3) is 0.500. The van der Waals surface area contributed by atoms with Gasteiger partial charge in [-0.25, -0.2) is 0 Å². The number of hydrogen-bond acceptors (Lipinski definition) is 6. The van der Waals surface area contributed by atoms with Crippen LogP contribution in [0.4, 0.5) is 0 Å². The molecule has 0 aromatic heterocycles. The number of carbonyl (C=O) groups excluding carboxylic acids is 2. The van der Waals surface area contributed by atoms with Crippen molar-refractivity contribution in [2.24, 2.45) is 0 Å². The second-order valence-corrected chi connectivity index (χ2v) is 5.51. The zero-order valence-corrected chi connectivity index (χ0v) is 12.9. The minimum absolute atomic E-state index is 0.107. The van der Waals surface area contributed by atoms with Crippen molar-refractivity contribution in [1.29, 1.82) is 0 Å². The lowest BCUT2D eigenvalue weighted by atomic mass is 10.0. The van der Waals surface area contributed by atoms with Crippen molar-refractivity contribution in [3.8, 4) is 0 Å². The Balaban J connectivity index is 1.63. The van der Waals surface area contributed by atoms with Crippen LogP contribution in [0.2, 0.25) is 0 Å². The number of carbonyl (C=O) groups is 2. The van der Waals surface area contributed by atoms with Crippen molar-refractivity contribution >= 4 is 11.9 Å². The van der Waals surface area contributed by atoms with E-state index in [0.29, 0.717) is 5.56 Å². The number of epoxide rings is 1. The van der Waals surface area contributed by atoms with Gasteiger partial charge in [-0.1, -0.05) is 18.2 Å². The van der Waals surface area contributed by atoms with Gasteiger partial charge in [-0.2, -0.15) is 0 Å². The maximum atomic E-state index is 12.3. The lowest BCUT2D eigenvalue weighted by molar-refractivity contribution is -0.196. The van der Waals surface area contributed by atoms with E-state index >= 15 is 0 Å². The Morgan fingerprint density at radius 2 is 1.91 bits per heavy atom. The highest BCUT2D eigenvalue weighted by Crippen LogP contribution is 2.38. The van der Waals surface area contributed by atoms with Gasteiger partial charge in [-0.05, 0) is 12.1 Å². The first-order valence-electron chi connectivity index (χ1n) is 7.43. The highest BCUT2D eigenvalue weighted by Gasteiger charge is 2.58. The van der Waals surface area contributed by atoms with Crippen LogP contribution >= 0.6 is 0 Å². The molecule has 1 N–H and O–H groups in total. The van der Waals surface area contributed by atoms with Crippen LogP contribution < -0.4 is 5.32 Å². The number of fused-ring (bicyclic) bond motifs is 1. The Labute approximate surface area is 133 Å². The average molecular weight is 321 g/mol. The maximum absolute atomic E-state index is 12.3. The number of ether oxygens (including phenoxy) is 4. The van der Waals surface area contributed by atoms with Crippen molar-refractivity contribution in [2.75, 3.05) is 13.7 Å². The van der Waals surface area contributed by atoms with Crippen molar-refractivity contribution in [2.45, 2.75) is 37.6 Å². The number of rotatable bonds is 5. The third kappa shape index (κ3) is 3.52. The van der Waals surface area contributed by atoms with Gasteiger partial charge in [0.1, 0.15) is 31.0 Å². The molecule has 2 aliphatic rings. The Morgan fingerprint density at radius 3 is 2.57 bits per heavy atom. The van der Waals surface area contributed by atoms with Gasteiger partial charge in [0.15, 0.2) is 6.29 Å². The first kappa shape index (κ1) is 15.9. The Hall–Kier alpha value is -1.96. The summed E-state index contributed by atoms with van der Waals surface area (Å²) in [6.07, 6.45) is -1.46. The van der Waals surface area contributed by atoms with E-state index in [2.05, 4.69) is 5.32 Å². The topological polar surface area (TPSA) is 86.4 Å². The van der Waals surface area contributed by atoms with Gasteiger partial charge in [-0.3, -0.25) is 9.59 Å². The smallest absolute Gasteiger partial charge is 0.302 e. The molecule has 3 rings (SSSR count). The summed E-state index contributed by atoms with van der Waals surface area (Å²) in [5.41, 5.74) is 0.557. The quantitative estimate of drug-likeness (QED) is 0.627. The van der Waals surface area contributed by atoms with E-state index in [4.69, 9.17) is 18.9 Å². The molecule has 23 heavy (non-hydrogen) atoms.